The van der Waals surface area contributed by atoms with Crippen LogP contribution in [0.1, 0.15) is 54.4 Å². The Kier molecular flexibility index (Phi) is 24.9. The van der Waals surface area contributed by atoms with Crippen LogP contribution in [0.15, 0.2) is 96.1 Å². The van der Waals surface area contributed by atoms with E-state index in [1.54, 1.807) is 23.3 Å². The fourth-order valence-electron chi connectivity index (χ4n) is 2.52. The van der Waals surface area contributed by atoms with E-state index >= 15 is 0 Å². The normalized spacial score (nSPS) is 12.6. The van der Waals surface area contributed by atoms with Crippen LogP contribution in [0.4, 0.5) is 0 Å². The Morgan fingerprint density at radius 1 is 0.588 bits per heavy atom. The van der Waals surface area contributed by atoms with E-state index in [1.807, 2.05) is 67.5 Å². The molecule has 0 heterocycles. The average Bonchev–Trinajstić information content (AvgIpc) is 3.53. The molecule has 2 aromatic carbocycles. The van der Waals surface area contributed by atoms with Crippen LogP contribution in [0, 0.1) is 35.1 Å². The smallest absolute Gasteiger partial charge is 0.171 e. The molecule has 0 N–H and O–H groups in total. The van der Waals surface area contributed by atoms with Gasteiger partial charge >= 0.3 is 30.2 Å². The van der Waals surface area contributed by atoms with E-state index in [-0.39, 0.29) is 24.8 Å². The summed E-state index contributed by atoms with van der Waals surface area (Å²) < 4.78 is 0. The second-order valence-corrected chi connectivity index (χ2v) is 9.08. The number of hydrogen-bond acceptors (Lipinski definition) is 0. The van der Waals surface area contributed by atoms with Crippen molar-refractivity contribution >= 4 is 31.7 Å². The molecular weight excluding hydrogens is 551 g/mol. The Labute approximate surface area is 239 Å². The molecule has 0 amide bonds. The number of allylic oxidation sites excluding steroid dienone is 8. The molecule has 0 saturated heterocycles. The van der Waals surface area contributed by atoms with E-state index in [1.165, 1.54) is 11.1 Å². The molecule has 0 spiro atoms. The summed E-state index contributed by atoms with van der Waals surface area (Å²) in [5, 5.41) is 0. The van der Waals surface area contributed by atoms with Crippen LogP contribution in [0.5, 0.6) is 0 Å². The van der Waals surface area contributed by atoms with Crippen LogP contribution in [0.3, 0.4) is 0 Å². The Hall–Kier alpha value is -0.920. The molecule has 0 fully saturated rings. The van der Waals surface area contributed by atoms with Crippen LogP contribution in [-0.4, -0.2) is 6.88 Å². The minimum atomic E-state index is 0. The Balaban J connectivity index is -0.000000366. The average molecular weight is 591 g/mol. The molecule has 0 aliphatic heterocycles. The summed E-state index contributed by atoms with van der Waals surface area (Å²) in [6, 6.07) is 25.0. The maximum absolute atomic E-state index is 3.16. The van der Waals surface area contributed by atoms with Crippen molar-refractivity contribution in [1.82, 2.24) is 0 Å². The summed E-state index contributed by atoms with van der Waals surface area (Å²) in [4.78, 5) is 0. The third-order valence-corrected chi connectivity index (χ3v) is 4.34. The summed E-state index contributed by atoms with van der Waals surface area (Å²) in [5.74, 6) is 0. The molecule has 34 heavy (non-hydrogen) atoms. The summed E-state index contributed by atoms with van der Waals surface area (Å²) >= 11 is 1.58. The molecule has 2 aliphatic carbocycles. The van der Waals surface area contributed by atoms with E-state index in [0.29, 0.717) is 10.8 Å². The fraction of sp³-hybridized carbons (Fsp3) is 0.333. The SMILES string of the molecule is CC(C)(C)C1=CC[C-]=C1.CC(C)(C)C1=CC[C-]=C1.Cl.Cl.[SiH2]=[Zr].[c-]1ccccc1.[c-]1ccccc1. The van der Waals surface area contributed by atoms with E-state index in [9.17, 15) is 0 Å². The molecule has 0 radical (unpaired) electrons. The van der Waals surface area contributed by atoms with Gasteiger partial charge in [-0.25, -0.2) is 12.2 Å². The second-order valence-electron chi connectivity index (χ2n) is 9.08. The number of rotatable bonds is 0. The fourth-order valence-corrected chi connectivity index (χ4v) is 2.52. The van der Waals surface area contributed by atoms with E-state index in [4.69, 9.17) is 0 Å². The second kappa shape index (κ2) is 22.5. The first kappa shape index (κ1) is 37.6. The minimum Gasteiger partial charge on any atom is -0.184 e. The summed E-state index contributed by atoms with van der Waals surface area (Å²) in [6.07, 6.45) is 17.0. The van der Waals surface area contributed by atoms with Crippen LogP contribution in [-0.2, 0) is 23.3 Å². The zero-order chi connectivity index (χ0) is 24.3. The standard InChI is InChI=1S/2C9H13.2C6H5.2ClH.H2Si.Zr/c2*1-9(2,3)8-6-4-5-7-8;2*1-2-4-6-5-3-1;;;;/h2*6-7H,4H2,1-3H3;2*1-5H;2*1H;1H2;/q4*-1;;;;. The molecule has 186 valence electrons. The number of halogens is 2. The molecule has 0 bridgehead atoms. The van der Waals surface area contributed by atoms with Crippen molar-refractivity contribution in [2.45, 2.75) is 54.4 Å². The van der Waals surface area contributed by atoms with Crippen molar-refractivity contribution in [1.29, 1.82) is 0 Å². The maximum Gasteiger partial charge on any atom is -0.171 e. The number of benzene rings is 2. The Bertz CT molecular complexity index is 703. The molecule has 4 rings (SSSR count). The molecule has 0 unspecified atom stereocenters. The Morgan fingerprint density at radius 2 is 0.882 bits per heavy atom. The first-order valence-corrected chi connectivity index (χ1v) is 16.9. The third kappa shape index (κ3) is 20.5. The maximum atomic E-state index is 3.16. The zero-order valence-electron chi connectivity index (χ0n) is 21.5. The Morgan fingerprint density at radius 3 is 0.971 bits per heavy atom. The van der Waals surface area contributed by atoms with Gasteiger partial charge < -0.3 is 0 Å². The van der Waals surface area contributed by atoms with Gasteiger partial charge in [-0.1, -0.05) is 52.4 Å². The van der Waals surface area contributed by atoms with Gasteiger partial charge in [-0.2, -0.15) is 96.1 Å². The van der Waals surface area contributed by atoms with E-state index in [0.717, 1.165) is 12.8 Å². The van der Waals surface area contributed by atoms with Crippen LogP contribution >= 0.6 is 24.8 Å². The van der Waals surface area contributed by atoms with Crippen molar-refractivity contribution < 1.29 is 23.3 Å². The van der Waals surface area contributed by atoms with E-state index in [2.05, 4.69) is 90.1 Å². The van der Waals surface area contributed by atoms with Crippen LogP contribution in [0.25, 0.3) is 0 Å². The van der Waals surface area contributed by atoms with Gasteiger partial charge in [-0.3, -0.25) is 12.2 Å². The molecule has 2 aromatic rings. The summed E-state index contributed by atoms with van der Waals surface area (Å²) in [7, 11) is 0. The predicted molar refractivity (Wildman–Crippen MR) is 154 cm³/mol. The predicted octanol–water partition coefficient (Wildman–Crippen LogP) is 8.34. The molecule has 2 aliphatic rings. The quantitative estimate of drug-likeness (QED) is 0.214. The van der Waals surface area contributed by atoms with Crippen molar-refractivity contribution in [3.63, 3.8) is 0 Å². The van der Waals surface area contributed by atoms with E-state index < -0.39 is 0 Å². The molecule has 0 nitrogen and oxygen atoms in total. The van der Waals surface area contributed by atoms with Crippen molar-refractivity contribution in [2.24, 2.45) is 10.8 Å². The zero-order valence-corrected chi connectivity index (χ0v) is 27.0. The molecular formula is C30H40Cl2SiZr-4. The topological polar surface area (TPSA) is 0 Å². The van der Waals surface area contributed by atoms with Gasteiger partial charge in [-0.15, -0.1) is 37.7 Å². The molecule has 0 aromatic heterocycles. The first-order valence-electron chi connectivity index (χ1n) is 10.9. The van der Waals surface area contributed by atoms with Gasteiger partial charge in [0.15, 0.2) is 0 Å². The van der Waals surface area contributed by atoms with Gasteiger partial charge in [0.2, 0.25) is 0 Å². The largest absolute Gasteiger partial charge is 0.184 e. The van der Waals surface area contributed by atoms with Crippen molar-refractivity contribution in [3.8, 4) is 0 Å². The van der Waals surface area contributed by atoms with Crippen LogP contribution in [0.2, 0.25) is 0 Å². The summed E-state index contributed by atoms with van der Waals surface area (Å²) in [6.45, 7) is 15.3. The van der Waals surface area contributed by atoms with Crippen LogP contribution < -0.4 is 0 Å². The summed E-state index contributed by atoms with van der Waals surface area (Å²) in [5.41, 5.74) is 3.48. The monoisotopic (exact) mass is 588 g/mol. The molecule has 0 saturated carbocycles. The third-order valence-electron chi connectivity index (χ3n) is 4.34. The van der Waals surface area contributed by atoms with Gasteiger partial charge in [-0.05, 0) is 0 Å². The van der Waals surface area contributed by atoms with Gasteiger partial charge in [0, 0.05) is 0 Å². The van der Waals surface area contributed by atoms with Gasteiger partial charge in [0.25, 0.3) is 0 Å². The van der Waals surface area contributed by atoms with Gasteiger partial charge in [0.05, 0.1) is 0 Å². The number of hydrogen-bond donors (Lipinski definition) is 0. The van der Waals surface area contributed by atoms with Crippen molar-refractivity contribution in [3.05, 3.63) is 120 Å². The minimum absolute atomic E-state index is 0. The molecule has 4 heteroatoms. The van der Waals surface area contributed by atoms with Crippen molar-refractivity contribution in [2.75, 3.05) is 0 Å². The van der Waals surface area contributed by atoms with Gasteiger partial charge in [0.1, 0.15) is 0 Å². The first-order chi connectivity index (χ1) is 15.2. The molecule has 0 atom stereocenters.